The second-order valence-electron chi connectivity index (χ2n) is 15.0. The van der Waals surface area contributed by atoms with Gasteiger partial charge in [0.2, 0.25) is 0 Å². The zero-order valence-electron chi connectivity index (χ0n) is 36.7. The van der Waals surface area contributed by atoms with Crippen molar-refractivity contribution < 1.29 is 17.6 Å². The first-order chi connectivity index (χ1) is 28.4. The lowest BCUT2D eigenvalue weighted by molar-refractivity contribution is 0.617. The van der Waals surface area contributed by atoms with Crippen molar-refractivity contribution in [1.29, 1.82) is 0 Å². The second kappa shape index (κ2) is 25.2. The van der Waals surface area contributed by atoms with Crippen molar-refractivity contribution >= 4 is 68.8 Å². The van der Waals surface area contributed by atoms with Gasteiger partial charge in [-0.3, -0.25) is 0 Å². The highest BCUT2D eigenvalue weighted by molar-refractivity contribution is 6.32. The van der Waals surface area contributed by atoms with Gasteiger partial charge in [-0.2, -0.15) is 0 Å². The number of halogens is 9. The van der Waals surface area contributed by atoms with Gasteiger partial charge in [0.15, 0.2) is 0 Å². The molecule has 324 valence electrons. The molecule has 0 saturated heterocycles. The molecule has 0 aliphatic rings. The summed E-state index contributed by atoms with van der Waals surface area (Å²) in [5.41, 5.74) is 10.9. The molecule has 0 bridgehead atoms. The van der Waals surface area contributed by atoms with Gasteiger partial charge in [0.05, 0.1) is 0 Å². The highest BCUT2D eigenvalue weighted by Crippen LogP contribution is 2.23. The van der Waals surface area contributed by atoms with E-state index in [1.165, 1.54) is 29.3 Å². The molecule has 7 rings (SSSR count). The minimum Gasteiger partial charge on any atom is -0.207 e. The Morgan fingerprint density at radius 3 is 1.03 bits per heavy atom. The first kappa shape index (κ1) is 53.1. The van der Waals surface area contributed by atoms with E-state index in [4.69, 9.17) is 58.0 Å². The van der Waals surface area contributed by atoms with Gasteiger partial charge in [-0.05, 0) is 199 Å². The highest BCUT2D eigenvalue weighted by atomic mass is 35.5. The van der Waals surface area contributed by atoms with Crippen LogP contribution in [0, 0.1) is 106 Å². The quantitative estimate of drug-likeness (QED) is 0.133. The molecule has 7 aromatic rings. The average molecular weight is 931 g/mol. The van der Waals surface area contributed by atoms with Gasteiger partial charge in [0.25, 0.3) is 0 Å². The summed E-state index contributed by atoms with van der Waals surface area (Å²) in [7, 11) is 0. The molecular formula is C52H53Cl5F4. The van der Waals surface area contributed by atoms with Gasteiger partial charge in [-0.25, -0.2) is 17.6 Å². The Morgan fingerprint density at radius 1 is 0.279 bits per heavy atom. The van der Waals surface area contributed by atoms with Crippen molar-refractivity contribution in [3.8, 4) is 0 Å². The van der Waals surface area contributed by atoms with Crippen LogP contribution < -0.4 is 0 Å². The Morgan fingerprint density at radius 2 is 0.639 bits per heavy atom. The smallest absolute Gasteiger partial charge is 0.131 e. The Balaban J connectivity index is 0.000000253. The van der Waals surface area contributed by atoms with Crippen molar-refractivity contribution in [1.82, 2.24) is 0 Å². The summed E-state index contributed by atoms with van der Waals surface area (Å²) in [6, 6.07) is 31.0. The van der Waals surface area contributed by atoms with E-state index < -0.39 is 0 Å². The molecule has 0 aliphatic carbocycles. The molecular weight excluding hydrogens is 878 g/mol. The van der Waals surface area contributed by atoms with Gasteiger partial charge >= 0.3 is 0 Å². The lowest BCUT2D eigenvalue weighted by Crippen LogP contribution is -1.84. The third-order valence-electron chi connectivity index (χ3n) is 9.15. The molecule has 0 spiro atoms. The van der Waals surface area contributed by atoms with Crippen molar-refractivity contribution in [3.05, 3.63) is 218 Å². The molecule has 0 radical (unpaired) electrons. The van der Waals surface area contributed by atoms with Crippen LogP contribution in [0.4, 0.5) is 17.6 Å². The fourth-order valence-corrected chi connectivity index (χ4v) is 6.47. The maximum atomic E-state index is 13.4. The molecule has 0 nitrogen and oxygen atoms in total. The molecule has 0 fully saturated rings. The lowest BCUT2D eigenvalue weighted by Gasteiger charge is -2.02. The molecule has 0 atom stereocenters. The van der Waals surface area contributed by atoms with Crippen molar-refractivity contribution in [2.75, 3.05) is 0 Å². The van der Waals surface area contributed by atoms with E-state index in [0.717, 1.165) is 54.4 Å². The Labute approximate surface area is 385 Å². The minimum atomic E-state index is -0.231. The lowest BCUT2D eigenvalue weighted by atomic mass is 10.0. The summed E-state index contributed by atoms with van der Waals surface area (Å²) in [6.45, 7) is 22.4. The molecule has 0 N–H and O–H groups in total. The third-order valence-corrected chi connectivity index (χ3v) is 11.2. The SMILES string of the molecule is Cc1cc(Cl)c(C)cc1F.Cc1cc(F)c(C)c(Cl)c1.Cc1cc(F)c(C)c(Cl)c1.Cc1cc(F)c2cc(C)ccc2c1.Cc1ccc(C)c(Cl)c1.Cc1ccc(C)c(Cl)c1. The highest BCUT2D eigenvalue weighted by Gasteiger charge is 2.04. The fourth-order valence-electron chi connectivity index (χ4n) is 5.25. The van der Waals surface area contributed by atoms with E-state index in [0.29, 0.717) is 37.1 Å². The molecule has 0 unspecified atom stereocenters. The van der Waals surface area contributed by atoms with E-state index in [9.17, 15) is 17.6 Å². The topological polar surface area (TPSA) is 0 Å². The predicted octanol–water partition coefficient (Wildman–Crippen LogP) is 18.8. The van der Waals surface area contributed by atoms with Gasteiger partial charge in [-0.15, -0.1) is 0 Å². The van der Waals surface area contributed by atoms with Crippen LogP contribution in [0.1, 0.15) is 66.8 Å². The number of hydrogen-bond donors (Lipinski definition) is 0. The summed E-state index contributed by atoms with van der Waals surface area (Å²) in [5, 5.41) is 5.02. The van der Waals surface area contributed by atoms with E-state index in [-0.39, 0.29) is 23.3 Å². The van der Waals surface area contributed by atoms with Crippen LogP contribution in [-0.2, 0) is 0 Å². The van der Waals surface area contributed by atoms with E-state index >= 15 is 0 Å². The second-order valence-corrected chi connectivity index (χ2v) is 17.1. The van der Waals surface area contributed by atoms with Crippen LogP contribution in [0.25, 0.3) is 10.8 Å². The average Bonchev–Trinajstić information content (AvgIpc) is 3.17. The number of hydrogen-bond acceptors (Lipinski definition) is 0. The third kappa shape index (κ3) is 18.1. The molecule has 61 heavy (non-hydrogen) atoms. The number of benzene rings is 7. The summed E-state index contributed by atoms with van der Waals surface area (Å²) < 4.78 is 51.6. The molecule has 0 amide bonds. The predicted molar refractivity (Wildman–Crippen MR) is 258 cm³/mol. The van der Waals surface area contributed by atoms with Crippen LogP contribution in [0.2, 0.25) is 25.1 Å². The summed E-state index contributed by atoms with van der Waals surface area (Å²) in [4.78, 5) is 0. The van der Waals surface area contributed by atoms with E-state index in [1.54, 1.807) is 52.0 Å². The fraction of sp³-hybridized carbons (Fsp3) is 0.231. The van der Waals surface area contributed by atoms with Crippen molar-refractivity contribution in [2.24, 2.45) is 0 Å². The zero-order chi connectivity index (χ0) is 46.3. The van der Waals surface area contributed by atoms with Gasteiger partial charge in [0, 0.05) is 41.6 Å². The van der Waals surface area contributed by atoms with Crippen molar-refractivity contribution in [3.63, 3.8) is 0 Å². The van der Waals surface area contributed by atoms with Gasteiger partial charge in [-0.1, -0.05) is 106 Å². The van der Waals surface area contributed by atoms with E-state index in [2.05, 4.69) is 12.1 Å². The van der Waals surface area contributed by atoms with Crippen LogP contribution in [0.5, 0.6) is 0 Å². The summed E-state index contributed by atoms with van der Waals surface area (Å²) >= 11 is 28.7. The van der Waals surface area contributed by atoms with Gasteiger partial charge in [0.1, 0.15) is 23.3 Å². The Bertz CT molecular complexity index is 2360. The number of rotatable bonds is 0. The normalized spacial score (nSPS) is 10.0. The summed E-state index contributed by atoms with van der Waals surface area (Å²) in [6.07, 6.45) is 0. The van der Waals surface area contributed by atoms with Crippen LogP contribution in [-0.4, -0.2) is 0 Å². The summed E-state index contributed by atoms with van der Waals surface area (Å²) in [5.74, 6) is -0.782. The standard InChI is InChI=1S/C12H11F.3C8H8ClF.2C8H9Cl/c1-8-3-4-10-5-9(2)7-12(13)11(10)6-8;1-5-4-8(10)6(2)3-7(5)9;2*1-5-3-7(9)6(2)8(10)4-5;2*1-6-3-4-7(2)8(9)5-6/h3-7H,1-2H3;3*3-4H,1-2H3;2*3-5H,1-2H3. The largest absolute Gasteiger partial charge is 0.207 e. The first-order valence-corrected chi connectivity index (χ1v) is 21.2. The molecule has 7 aromatic carbocycles. The zero-order valence-corrected chi connectivity index (χ0v) is 40.5. The van der Waals surface area contributed by atoms with Crippen LogP contribution in [0.15, 0.2) is 103 Å². The molecule has 0 heterocycles. The molecule has 9 heteroatoms. The first-order valence-electron chi connectivity index (χ1n) is 19.3. The van der Waals surface area contributed by atoms with E-state index in [1.807, 2.05) is 104 Å². The number of aryl methyl sites for hydroxylation is 10. The molecule has 0 saturated carbocycles. The maximum Gasteiger partial charge on any atom is 0.131 e. The monoisotopic (exact) mass is 928 g/mol. The molecule has 0 aromatic heterocycles. The van der Waals surface area contributed by atoms with Crippen molar-refractivity contribution in [2.45, 2.75) is 83.1 Å². The Kier molecular flexibility index (Phi) is 21.9. The maximum absolute atomic E-state index is 13.4. The van der Waals surface area contributed by atoms with Crippen LogP contribution >= 0.6 is 58.0 Å². The number of fused-ring (bicyclic) bond motifs is 1. The molecule has 0 aliphatic heterocycles. The Hall–Kier alpha value is -4.03. The van der Waals surface area contributed by atoms with Crippen LogP contribution in [0.3, 0.4) is 0 Å². The minimum absolute atomic E-state index is 0.126. The van der Waals surface area contributed by atoms with Gasteiger partial charge < -0.3 is 0 Å².